The second kappa shape index (κ2) is 5.31. The monoisotopic (exact) mass is 236 g/mol. The van der Waals surface area contributed by atoms with Gasteiger partial charge < -0.3 is 0 Å². The van der Waals surface area contributed by atoms with E-state index in [1.807, 2.05) is 6.92 Å². The molecular weight excluding hydrogens is 221 g/mol. The Balaban J connectivity index is 2.67. The van der Waals surface area contributed by atoms with E-state index >= 15 is 0 Å². The van der Waals surface area contributed by atoms with Gasteiger partial charge in [0, 0.05) is 19.2 Å². The number of nitrogens with two attached hydrogens (primary N) is 1. The fourth-order valence-corrected chi connectivity index (χ4v) is 1.53. The minimum atomic E-state index is -4.16. The van der Waals surface area contributed by atoms with Crippen LogP contribution in [0.3, 0.4) is 0 Å². The van der Waals surface area contributed by atoms with Crippen LogP contribution >= 0.6 is 0 Å². The van der Waals surface area contributed by atoms with Gasteiger partial charge in [-0.15, -0.1) is 0 Å². The summed E-state index contributed by atoms with van der Waals surface area (Å²) in [5.74, 6) is 5.26. The highest BCUT2D eigenvalue weighted by atomic mass is 19.4. The lowest BCUT2D eigenvalue weighted by Crippen LogP contribution is -2.31. The molecule has 4 nitrogen and oxygen atoms in total. The van der Waals surface area contributed by atoms with Gasteiger partial charge in [-0.2, -0.15) is 18.3 Å². The first-order chi connectivity index (χ1) is 7.48. The molecule has 0 aliphatic heterocycles. The molecule has 1 heterocycles. The molecule has 0 amide bonds. The van der Waals surface area contributed by atoms with Crippen LogP contribution in [0.4, 0.5) is 13.2 Å². The zero-order valence-electron chi connectivity index (χ0n) is 8.96. The Morgan fingerprint density at radius 3 is 2.75 bits per heavy atom. The normalized spacial score (nSPS) is 14.1. The van der Waals surface area contributed by atoms with Gasteiger partial charge in [0.05, 0.1) is 11.7 Å². The molecule has 0 aliphatic carbocycles. The van der Waals surface area contributed by atoms with Crippen LogP contribution in [0.5, 0.6) is 0 Å². The first-order valence-corrected chi connectivity index (χ1v) is 5.02. The first kappa shape index (κ1) is 13.0. The number of nitrogens with one attached hydrogen (secondary N) is 1. The van der Waals surface area contributed by atoms with Crippen LogP contribution in [0.25, 0.3) is 0 Å². The van der Waals surface area contributed by atoms with Crippen LogP contribution in [-0.2, 0) is 6.54 Å². The number of halogens is 3. The molecule has 0 saturated carbocycles. The Kier molecular flexibility index (Phi) is 4.31. The second-order valence-electron chi connectivity index (χ2n) is 3.44. The van der Waals surface area contributed by atoms with Crippen molar-refractivity contribution in [2.75, 3.05) is 0 Å². The highest BCUT2D eigenvalue weighted by Crippen LogP contribution is 2.26. The molecule has 3 N–H and O–H groups in total. The second-order valence-corrected chi connectivity index (χ2v) is 3.44. The fourth-order valence-electron chi connectivity index (χ4n) is 1.53. The van der Waals surface area contributed by atoms with E-state index in [1.165, 1.54) is 0 Å². The van der Waals surface area contributed by atoms with Gasteiger partial charge in [0.2, 0.25) is 0 Å². The average Bonchev–Trinajstić information content (AvgIpc) is 2.65. The number of hydrazine groups is 1. The van der Waals surface area contributed by atoms with Gasteiger partial charge in [0.1, 0.15) is 0 Å². The van der Waals surface area contributed by atoms with Crippen molar-refractivity contribution in [3.8, 4) is 0 Å². The molecule has 0 fully saturated rings. The SMILES string of the molecule is CCn1nccc1C(CCC(F)(F)F)NN. The van der Waals surface area contributed by atoms with E-state index < -0.39 is 18.6 Å². The van der Waals surface area contributed by atoms with E-state index in [9.17, 15) is 13.2 Å². The number of aromatic nitrogens is 2. The summed E-state index contributed by atoms with van der Waals surface area (Å²) in [6.45, 7) is 2.47. The van der Waals surface area contributed by atoms with Crippen molar-refractivity contribution in [2.24, 2.45) is 5.84 Å². The third-order valence-electron chi connectivity index (χ3n) is 2.32. The summed E-state index contributed by atoms with van der Waals surface area (Å²) in [7, 11) is 0. The van der Waals surface area contributed by atoms with Gasteiger partial charge in [-0.05, 0) is 19.4 Å². The van der Waals surface area contributed by atoms with Crippen LogP contribution in [0.1, 0.15) is 31.5 Å². The van der Waals surface area contributed by atoms with Crippen molar-refractivity contribution in [1.29, 1.82) is 0 Å². The minimum Gasteiger partial charge on any atom is -0.271 e. The van der Waals surface area contributed by atoms with Crippen LogP contribution in [-0.4, -0.2) is 16.0 Å². The molecule has 0 saturated heterocycles. The molecule has 1 unspecified atom stereocenters. The fraction of sp³-hybridized carbons (Fsp3) is 0.667. The van der Waals surface area contributed by atoms with Crippen molar-refractivity contribution < 1.29 is 13.2 Å². The maximum absolute atomic E-state index is 12.1. The first-order valence-electron chi connectivity index (χ1n) is 5.02. The molecule has 0 spiro atoms. The van der Waals surface area contributed by atoms with Gasteiger partial charge in [-0.3, -0.25) is 16.0 Å². The lowest BCUT2D eigenvalue weighted by atomic mass is 10.1. The predicted molar refractivity (Wildman–Crippen MR) is 53.3 cm³/mol. The van der Waals surface area contributed by atoms with Gasteiger partial charge >= 0.3 is 6.18 Å². The molecule has 0 radical (unpaired) electrons. The summed E-state index contributed by atoms with van der Waals surface area (Å²) in [5.41, 5.74) is 3.07. The van der Waals surface area contributed by atoms with E-state index in [0.29, 0.717) is 12.2 Å². The quantitative estimate of drug-likeness (QED) is 0.605. The standard InChI is InChI=1S/C9H15F3N4/c1-2-16-8(4-6-14-16)7(15-13)3-5-9(10,11)12/h4,6-7,15H,2-3,5,13H2,1H3. The third kappa shape index (κ3) is 3.49. The molecule has 0 bridgehead atoms. The summed E-state index contributed by atoms with van der Waals surface area (Å²) < 4.78 is 37.9. The van der Waals surface area contributed by atoms with Crippen LogP contribution < -0.4 is 11.3 Å². The highest BCUT2D eigenvalue weighted by molar-refractivity contribution is 5.06. The summed E-state index contributed by atoms with van der Waals surface area (Å²) in [5, 5.41) is 3.99. The zero-order valence-corrected chi connectivity index (χ0v) is 8.96. The van der Waals surface area contributed by atoms with Gasteiger partial charge in [0.15, 0.2) is 0 Å². The van der Waals surface area contributed by atoms with Gasteiger partial charge in [-0.1, -0.05) is 0 Å². The molecule has 7 heteroatoms. The zero-order chi connectivity index (χ0) is 12.2. The molecule has 1 atom stereocenters. The molecule has 92 valence electrons. The van der Waals surface area contributed by atoms with Crippen LogP contribution in [0.2, 0.25) is 0 Å². The Bertz CT molecular complexity index is 321. The van der Waals surface area contributed by atoms with Crippen LogP contribution in [0, 0.1) is 0 Å². The van der Waals surface area contributed by atoms with Gasteiger partial charge in [0.25, 0.3) is 0 Å². The summed E-state index contributed by atoms with van der Waals surface area (Å²) in [6.07, 6.45) is -3.56. The summed E-state index contributed by atoms with van der Waals surface area (Å²) in [4.78, 5) is 0. The summed E-state index contributed by atoms with van der Waals surface area (Å²) in [6, 6.07) is 1.15. The smallest absolute Gasteiger partial charge is 0.271 e. The van der Waals surface area contributed by atoms with E-state index in [2.05, 4.69) is 10.5 Å². The van der Waals surface area contributed by atoms with Gasteiger partial charge in [-0.25, -0.2) is 0 Å². The van der Waals surface area contributed by atoms with Crippen molar-refractivity contribution >= 4 is 0 Å². The van der Waals surface area contributed by atoms with E-state index in [0.717, 1.165) is 0 Å². The Morgan fingerprint density at radius 2 is 2.25 bits per heavy atom. The van der Waals surface area contributed by atoms with Crippen molar-refractivity contribution in [3.63, 3.8) is 0 Å². The lowest BCUT2D eigenvalue weighted by Gasteiger charge is -2.17. The number of aryl methyl sites for hydroxylation is 1. The third-order valence-corrected chi connectivity index (χ3v) is 2.32. The molecule has 1 aromatic rings. The number of alkyl halides is 3. The van der Waals surface area contributed by atoms with E-state index in [4.69, 9.17) is 5.84 Å². The topological polar surface area (TPSA) is 55.9 Å². The molecule has 16 heavy (non-hydrogen) atoms. The highest BCUT2D eigenvalue weighted by Gasteiger charge is 2.29. The average molecular weight is 236 g/mol. The van der Waals surface area contributed by atoms with Crippen molar-refractivity contribution in [2.45, 2.75) is 38.5 Å². The van der Waals surface area contributed by atoms with Crippen molar-refractivity contribution in [3.05, 3.63) is 18.0 Å². The maximum atomic E-state index is 12.1. The maximum Gasteiger partial charge on any atom is 0.389 e. The number of hydrogen-bond donors (Lipinski definition) is 2. The molecule has 0 aliphatic rings. The van der Waals surface area contributed by atoms with E-state index in [1.54, 1.807) is 16.9 Å². The van der Waals surface area contributed by atoms with E-state index in [-0.39, 0.29) is 6.42 Å². The van der Waals surface area contributed by atoms with Crippen molar-refractivity contribution in [1.82, 2.24) is 15.2 Å². The van der Waals surface area contributed by atoms with Crippen LogP contribution in [0.15, 0.2) is 12.3 Å². The number of hydrogen-bond acceptors (Lipinski definition) is 3. The summed E-state index contributed by atoms with van der Waals surface area (Å²) >= 11 is 0. The Hall–Kier alpha value is -1.08. The number of nitrogens with zero attached hydrogens (tertiary/aromatic N) is 2. The largest absolute Gasteiger partial charge is 0.389 e. The molecule has 0 aromatic carbocycles. The Morgan fingerprint density at radius 1 is 1.56 bits per heavy atom. The molecule has 1 aromatic heterocycles. The minimum absolute atomic E-state index is 0.0916. The number of rotatable bonds is 5. The molecular formula is C9H15F3N4. The predicted octanol–water partition coefficient (Wildman–Crippen LogP) is 1.75. The molecule has 1 rings (SSSR count). The lowest BCUT2D eigenvalue weighted by molar-refractivity contribution is -0.136. The Labute approximate surface area is 91.6 Å².